The number of benzene rings is 1. The summed E-state index contributed by atoms with van der Waals surface area (Å²) in [6.45, 7) is 2.46. The number of halogens is 1. The van der Waals surface area contributed by atoms with Crippen LogP contribution in [0, 0.1) is 30.5 Å². The zero-order valence-electron chi connectivity index (χ0n) is 11.3. The summed E-state index contributed by atoms with van der Waals surface area (Å²) < 4.78 is 13.2. The van der Waals surface area contributed by atoms with E-state index in [-0.39, 0.29) is 11.7 Å². The third-order valence-corrected chi connectivity index (χ3v) is 4.83. The first kappa shape index (κ1) is 12.6. The van der Waals surface area contributed by atoms with Crippen molar-refractivity contribution in [1.82, 2.24) is 5.32 Å². The zero-order valence-corrected chi connectivity index (χ0v) is 11.3. The SMILES string of the molecule is Cc1cc(C(=O)NCC2CC3CCC2C3)ccc1F. The molecule has 1 N–H and O–H groups in total. The van der Waals surface area contributed by atoms with Gasteiger partial charge in [0, 0.05) is 12.1 Å². The van der Waals surface area contributed by atoms with Crippen molar-refractivity contribution in [1.29, 1.82) is 0 Å². The number of hydrogen-bond acceptors (Lipinski definition) is 1. The number of fused-ring (bicyclic) bond motifs is 2. The first-order valence-corrected chi connectivity index (χ1v) is 7.18. The monoisotopic (exact) mass is 261 g/mol. The predicted octanol–water partition coefficient (Wildman–Crippen LogP) is 3.30. The van der Waals surface area contributed by atoms with Gasteiger partial charge in [0.15, 0.2) is 0 Å². The van der Waals surface area contributed by atoms with Gasteiger partial charge in [0.1, 0.15) is 5.82 Å². The van der Waals surface area contributed by atoms with E-state index in [0.717, 1.165) is 18.4 Å². The predicted molar refractivity (Wildman–Crippen MR) is 72.4 cm³/mol. The summed E-state index contributed by atoms with van der Waals surface area (Å²) in [7, 11) is 0. The van der Waals surface area contributed by atoms with Crippen molar-refractivity contribution in [3.63, 3.8) is 0 Å². The number of aryl methyl sites for hydroxylation is 1. The molecule has 0 heterocycles. The van der Waals surface area contributed by atoms with Crippen LogP contribution in [0.15, 0.2) is 18.2 Å². The van der Waals surface area contributed by atoms with Crippen LogP contribution >= 0.6 is 0 Å². The normalized spacial score (nSPS) is 28.6. The smallest absolute Gasteiger partial charge is 0.251 e. The molecule has 2 aliphatic carbocycles. The molecule has 1 aromatic carbocycles. The molecule has 3 heteroatoms. The molecule has 2 bridgehead atoms. The van der Waals surface area contributed by atoms with Gasteiger partial charge in [-0.25, -0.2) is 4.39 Å². The molecule has 0 spiro atoms. The van der Waals surface area contributed by atoms with E-state index in [9.17, 15) is 9.18 Å². The Hall–Kier alpha value is -1.38. The number of amides is 1. The van der Waals surface area contributed by atoms with Crippen LogP contribution in [0.25, 0.3) is 0 Å². The van der Waals surface area contributed by atoms with Crippen LogP contribution in [0.4, 0.5) is 4.39 Å². The Labute approximate surface area is 113 Å². The van der Waals surface area contributed by atoms with Gasteiger partial charge in [-0.3, -0.25) is 4.79 Å². The summed E-state index contributed by atoms with van der Waals surface area (Å²) in [6.07, 6.45) is 5.34. The third kappa shape index (κ3) is 2.51. The molecule has 3 rings (SSSR count). The van der Waals surface area contributed by atoms with E-state index in [1.165, 1.54) is 31.7 Å². The number of hydrogen-bond donors (Lipinski definition) is 1. The fraction of sp³-hybridized carbons (Fsp3) is 0.562. The third-order valence-electron chi connectivity index (χ3n) is 4.83. The van der Waals surface area contributed by atoms with Crippen LogP contribution in [0.3, 0.4) is 0 Å². The van der Waals surface area contributed by atoms with Crippen LogP contribution in [0.5, 0.6) is 0 Å². The minimum Gasteiger partial charge on any atom is -0.352 e. The molecule has 0 aliphatic heterocycles. The van der Waals surface area contributed by atoms with E-state index in [2.05, 4.69) is 5.32 Å². The van der Waals surface area contributed by atoms with Crippen molar-refractivity contribution in [3.8, 4) is 0 Å². The summed E-state index contributed by atoms with van der Waals surface area (Å²) in [4.78, 5) is 12.0. The highest BCUT2D eigenvalue weighted by Gasteiger charge is 2.39. The number of rotatable bonds is 3. The summed E-state index contributed by atoms with van der Waals surface area (Å²) in [5.41, 5.74) is 1.08. The summed E-state index contributed by atoms with van der Waals surface area (Å²) >= 11 is 0. The van der Waals surface area contributed by atoms with Crippen molar-refractivity contribution in [2.75, 3.05) is 6.54 Å². The Bertz CT molecular complexity index is 500. The molecule has 3 atom stereocenters. The highest BCUT2D eigenvalue weighted by molar-refractivity contribution is 5.94. The largest absolute Gasteiger partial charge is 0.352 e. The Balaban J connectivity index is 1.57. The molecular formula is C16H20FNO. The highest BCUT2D eigenvalue weighted by atomic mass is 19.1. The van der Waals surface area contributed by atoms with Crippen LogP contribution in [0.1, 0.15) is 41.6 Å². The summed E-state index contributed by atoms with van der Waals surface area (Å²) in [5, 5.41) is 3.01. The molecule has 2 fully saturated rings. The number of carbonyl (C=O) groups excluding carboxylic acids is 1. The molecule has 19 heavy (non-hydrogen) atoms. The Morgan fingerprint density at radius 1 is 1.37 bits per heavy atom. The molecule has 2 aliphatic rings. The average Bonchev–Trinajstić information content (AvgIpc) is 3.01. The van der Waals surface area contributed by atoms with E-state index < -0.39 is 0 Å². The topological polar surface area (TPSA) is 29.1 Å². The first-order chi connectivity index (χ1) is 9.13. The van der Waals surface area contributed by atoms with Gasteiger partial charge in [-0.1, -0.05) is 6.42 Å². The Morgan fingerprint density at radius 3 is 2.84 bits per heavy atom. The van der Waals surface area contributed by atoms with E-state index >= 15 is 0 Å². The summed E-state index contributed by atoms with van der Waals surface area (Å²) in [6, 6.07) is 4.53. The van der Waals surface area contributed by atoms with Gasteiger partial charge in [-0.15, -0.1) is 0 Å². The van der Waals surface area contributed by atoms with Crippen molar-refractivity contribution >= 4 is 5.91 Å². The van der Waals surface area contributed by atoms with E-state index in [1.807, 2.05) is 0 Å². The van der Waals surface area contributed by atoms with E-state index in [4.69, 9.17) is 0 Å². The maximum absolute atomic E-state index is 13.2. The molecule has 3 unspecified atom stereocenters. The van der Waals surface area contributed by atoms with E-state index in [1.54, 1.807) is 19.1 Å². The van der Waals surface area contributed by atoms with Crippen molar-refractivity contribution in [2.24, 2.45) is 17.8 Å². The molecule has 2 nitrogen and oxygen atoms in total. The molecule has 0 saturated heterocycles. The average molecular weight is 261 g/mol. The molecule has 1 amide bonds. The van der Waals surface area contributed by atoms with Crippen molar-refractivity contribution < 1.29 is 9.18 Å². The zero-order chi connectivity index (χ0) is 13.4. The summed E-state index contributed by atoms with van der Waals surface area (Å²) in [5.74, 6) is 2.04. The quantitative estimate of drug-likeness (QED) is 0.888. The molecular weight excluding hydrogens is 241 g/mol. The molecule has 2 saturated carbocycles. The van der Waals surface area contributed by atoms with Gasteiger partial charge in [0.2, 0.25) is 0 Å². The standard InChI is InChI=1S/C16H20FNO/c1-10-6-13(4-5-15(10)17)16(19)18-9-14-8-11-2-3-12(14)7-11/h4-6,11-12,14H,2-3,7-9H2,1H3,(H,18,19). The molecule has 0 aromatic heterocycles. The van der Waals surface area contributed by atoms with Crippen molar-refractivity contribution in [3.05, 3.63) is 35.1 Å². The number of carbonyl (C=O) groups is 1. The second kappa shape index (κ2) is 4.95. The number of nitrogens with one attached hydrogen (secondary N) is 1. The van der Waals surface area contributed by atoms with Gasteiger partial charge < -0.3 is 5.32 Å². The van der Waals surface area contributed by atoms with Gasteiger partial charge in [0.05, 0.1) is 0 Å². The van der Waals surface area contributed by atoms with Gasteiger partial charge >= 0.3 is 0 Å². The minimum atomic E-state index is -0.260. The van der Waals surface area contributed by atoms with Crippen LogP contribution < -0.4 is 5.32 Å². The van der Waals surface area contributed by atoms with Crippen LogP contribution in [-0.4, -0.2) is 12.5 Å². The molecule has 102 valence electrons. The Morgan fingerprint density at radius 2 is 2.21 bits per heavy atom. The molecule has 1 aromatic rings. The Kier molecular flexibility index (Phi) is 3.29. The van der Waals surface area contributed by atoms with Gasteiger partial charge in [-0.05, 0) is 67.7 Å². The first-order valence-electron chi connectivity index (χ1n) is 7.18. The second-order valence-corrected chi connectivity index (χ2v) is 6.11. The maximum atomic E-state index is 13.2. The molecule has 0 radical (unpaired) electrons. The maximum Gasteiger partial charge on any atom is 0.251 e. The van der Waals surface area contributed by atoms with Gasteiger partial charge in [0.25, 0.3) is 5.91 Å². The lowest BCUT2D eigenvalue weighted by Gasteiger charge is -2.21. The lowest BCUT2D eigenvalue weighted by atomic mass is 9.89. The highest BCUT2D eigenvalue weighted by Crippen LogP contribution is 2.47. The van der Waals surface area contributed by atoms with E-state index in [0.29, 0.717) is 17.0 Å². The van der Waals surface area contributed by atoms with Crippen LogP contribution in [-0.2, 0) is 0 Å². The van der Waals surface area contributed by atoms with Gasteiger partial charge in [-0.2, -0.15) is 0 Å². The minimum absolute atomic E-state index is 0.0779. The lowest BCUT2D eigenvalue weighted by Crippen LogP contribution is -2.31. The fourth-order valence-corrected chi connectivity index (χ4v) is 3.74. The van der Waals surface area contributed by atoms with Crippen LogP contribution in [0.2, 0.25) is 0 Å². The second-order valence-electron chi connectivity index (χ2n) is 6.11. The fourth-order valence-electron chi connectivity index (χ4n) is 3.74. The van der Waals surface area contributed by atoms with Crippen molar-refractivity contribution in [2.45, 2.75) is 32.6 Å². The lowest BCUT2D eigenvalue weighted by molar-refractivity contribution is 0.0941.